The van der Waals surface area contributed by atoms with E-state index in [0.717, 1.165) is 6.07 Å². The summed E-state index contributed by atoms with van der Waals surface area (Å²) in [5, 5.41) is 5.62. The van der Waals surface area contributed by atoms with Crippen molar-refractivity contribution in [1.29, 1.82) is 0 Å². The van der Waals surface area contributed by atoms with Crippen molar-refractivity contribution in [1.82, 2.24) is 4.98 Å². The van der Waals surface area contributed by atoms with Crippen molar-refractivity contribution in [3.05, 3.63) is 41.2 Å². The van der Waals surface area contributed by atoms with Gasteiger partial charge in [-0.3, -0.25) is 9.59 Å². The summed E-state index contributed by atoms with van der Waals surface area (Å²) in [7, 11) is 1.65. The zero-order valence-corrected chi connectivity index (χ0v) is 17.3. The molecule has 2 aromatic rings. The molecule has 2 heterocycles. The first-order chi connectivity index (χ1) is 15.1. The number of likely N-dealkylation sites (N-methyl/N-ethyl adjacent to an activating group) is 1. The predicted molar refractivity (Wildman–Crippen MR) is 114 cm³/mol. The summed E-state index contributed by atoms with van der Waals surface area (Å²) in [6, 6.07) is 3.66. The fourth-order valence-corrected chi connectivity index (χ4v) is 4.13. The molecule has 2 aliphatic rings. The molecule has 0 bridgehead atoms. The predicted octanol–water partition coefficient (Wildman–Crippen LogP) is 2.51. The van der Waals surface area contributed by atoms with Gasteiger partial charge in [0.05, 0.1) is 18.0 Å². The summed E-state index contributed by atoms with van der Waals surface area (Å²) in [5.41, 5.74) is 12.7. The van der Waals surface area contributed by atoms with Crippen molar-refractivity contribution in [3.63, 3.8) is 0 Å². The van der Waals surface area contributed by atoms with Gasteiger partial charge in [0.2, 0.25) is 5.91 Å². The van der Waals surface area contributed by atoms with Gasteiger partial charge >= 0.3 is 0 Å². The summed E-state index contributed by atoms with van der Waals surface area (Å²) in [5.74, 6) is -5.41. The highest BCUT2D eigenvalue weighted by Gasteiger charge is 2.45. The number of carbonyl (C=O) groups is 2. The summed E-state index contributed by atoms with van der Waals surface area (Å²) in [4.78, 5) is 29.6. The average molecular weight is 448 g/mol. The van der Waals surface area contributed by atoms with Crippen LogP contribution >= 0.6 is 0 Å². The van der Waals surface area contributed by atoms with Crippen molar-refractivity contribution in [2.24, 2.45) is 11.5 Å². The second-order valence-electron chi connectivity index (χ2n) is 8.07. The van der Waals surface area contributed by atoms with Crippen LogP contribution in [0.4, 0.5) is 36.2 Å². The zero-order valence-electron chi connectivity index (χ0n) is 17.3. The fourth-order valence-electron chi connectivity index (χ4n) is 4.13. The Balaban J connectivity index is 1.69. The number of nitrogens with two attached hydrogens (primary N) is 2. The van der Waals surface area contributed by atoms with Gasteiger partial charge in [-0.15, -0.1) is 0 Å². The number of fused-ring (bicyclic) bond motifs is 1. The Morgan fingerprint density at radius 1 is 1.31 bits per heavy atom. The first-order valence-corrected chi connectivity index (χ1v) is 10.1. The van der Waals surface area contributed by atoms with E-state index in [9.17, 15) is 22.8 Å². The van der Waals surface area contributed by atoms with Crippen LogP contribution in [0.15, 0.2) is 24.3 Å². The maximum atomic E-state index is 14.7. The molecule has 0 unspecified atom stereocenters. The second kappa shape index (κ2) is 7.97. The number of pyridine rings is 1. The third-order valence-corrected chi connectivity index (χ3v) is 5.98. The normalized spacial score (nSPS) is 21.9. The Labute approximate surface area is 182 Å². The lowest BCUT2D eigenvalue weighted by molar-refractivity contribution is -0.117. The van der Waals surface area contributed by atoms with Crippen molar-refractivity contribution >= 4 is 34.8 Å². The van der Waals surface area contributed by atoms with Gasteiger partial charge in [0.25, 0.3) is 11.8 Å². The molecule has 1 aromatic heterocycles. The van der Waals surface area contributed by atoms with Crippen LogP contribution in [0.5, 0.6) is 0 Å². The van der Waals surface area contributed by atoms with Crippen molar-refractivity contribution in [2.45, 2.75) is 43.7 Å². The highest BCUT2D eigenvalue weighted by Crippen LogP contribution is 2.37. The maximum absolute atomic E-state index is 14.7. The Kier molecular flexibility index (Phi) is 5.45. The molecule has 2 amide bonds. The lowest BCUT2D eigenvalue weighted by Crippen LogP contribution is -2.55. The Morgan fingerprint density at radius 3 is 2.78 bits per heavy atom. The van der Waals surface area contributed by atoms with Crippen molar-refractivity contribution < 1.29 is 22.8 Å². The van der Waals surface area contributed by atoms with Crippen molar-refractivity contribution in [2.75, 3.05) is 22.6 Å². The minimum absolute atomic E-state index is 0.0621. The minimum atomic E-state index is -3.08. The van der Waals surface area contributed by atoms with E-state index in [0.29, 0.717) is 23.4 Å². The van der Waals surface area contributed by atoms with Gasteiger partial charge in [0.1, 0.15) is 5.82 Å². The number of benzene rings is 1. The molecule has 1 fully saturated rings. The number of halogens is 3. The molecular weight excluding hydrogens is 425 g/mol. The number of amides is 2. The number of alkyl halides is 2. The second-order valence-corrected chi connectivity index (χ2v) is 8.07. The Morgan fingerprint density at radius 2 is 2.06 bits per heavy atom. The quantitative estimate of drug-likeness (QED) is 0.557. The summed E-state index contributed by atoms with van der Waals surface area (Å²) >= 11 is 0. The van der Waals surface area contributed by atoms with Crippen LogP contribution in [-0.4, -0.2) is 41.9 Å². The minimum Gasteiger partial charge on any atom is -0.365 e. The van der Waals surface area contributed by atoms with Gasteiger partial charge in [-0.05, 0) is 31.0 Å². The van der Waals surface area contributed by atoms with Gasteiger partial charge in [0.15, 0.2) is 11.6 Å². The molecule has 11 heteroatoms. The third-order valence-electron chi connectivity index (χ3n) is 5.98. The lowest BCUT2D eigenvalue weighted by atomic mass is 9.87. The van der Waals surface area contributed by atoms with Crippen LogP contribution in [0.2, 0.25) is 0 Å². The fraction of sp³-hybridized carbons (Fsp3) is 0.381. The molecule has 32 heavy (non-hydrogen) atoms. The molecule has 0 spiro atoms. The number of carbonyl (C=O) groups excluding carboxylic acids is 2. The van der Waals surface area contributed by atoms with E-state index in [4.69, 9.17) is 11.5 Å². The molecular formula is C21H23F3N6O2. The molecule has 2 atom stereocenters. The van der Waals surface area contributed by atoms with E-state index in [-0.39, 0.29) is 42.4 Å². The third kappa shape index (κ3) is 3.83. The number of nitrogens with one attached hydrogen (secondary N) is 2. The number of rotatable bonds is 5. The first kappa shape index (κ1) is 21.9. The number of anilines is 4. The summed E-state index contributed by atoms with van der Waals surface area (Å²) < 4.78 is 42.7. The van der Waals surface area contributed by atoms with E-state index >= 15 is 0 Å². The number of nitrogens with zero attached hydrogens (tertiary/aromatic N) is 2. The summed E-state index contributed by atoms with van der Waals surface area (Å²) in [6.07, 6.45) is 0.349. The van der Waals surface area contributed by atoms with E-state index in [1.165, 1.54) is 4.90 Å². The number of hydrogen-bond acceptors (Lipinski definition) is 6. The first-order valence-electron chi connectivity index (χ1n) is 10.1. The molecule has 1 aliphatic heterocycles. The number of primary amides is 1. The largest absolute Gasteiger partial charge is 0.365 e. The van der Waals surface area contributed by atoms with E-state index in [1.54, 1.807) is 25.2 Å². The van der Waals surface area contributed by atoms with Crippen LogP contribution < -0.4 is 27.0 Å². The highest BCUT2D eigenvalue weighted by atomic mass is 19.3. The monoisotopic (exact) mass is 448 g/mol. The van der Waals surface area contributed by atoms with Crippen LogP contribution in [0.25, 0.3) is 0 Å². The standard InChI is InChI=1S/C21H23F3N6O2/c1-30-15-6-2-4-13(10(15)9-16(30)31)27-19-11(18(26)32)8-12(22)20(29-19)28-14-5-3-7-21(23,24)17(14)25/h2,4,6,8,14,17H,3,5,7,9,25H2,1H3,(H2,26,32)(H2,27,28,29)/t14-,17-/m1/s1. The Bertz CT molecular complexity index is 1090. The molecule has 0 saturated heterocycles. The number of aromatic nitrogens is 1. The highest BCUT2D eigenvalue weighted by molar-refractivity contribution is 6.04. The van der Waals surface area contributed by atoms with Crippen LogP contribution in [0.1, 0.15) is 35.2 Å². The van der Waals surface area contributed by atoms with Gasteiger partial charge in [0, 0.05) is 36.4 Å². The van der Waals surface area contributed by atoms with E-state index < -0.39 is 29.7 Å². The molecule has 170 valence electrons. The van der Waals surface area contributed by atoms with Gasteiger partial charge < -0.3 is 27.0 Å². The van der Waals surface area contributed by atoms with E-state index in [2.05, 4.69) is 15.6 Å². The molecule has 6 N–H and O–H groups in total. The topological polar surface area (TPSA) is 126 Å². The van der Waals surface area contributed by atoms with Crippen LogP contribution in [0.3, 0.4) is 0 Å². The van der Waals surface area contributed by atoms with Gasteiger partial charge in [-0.1, -0.05) is 6.07 Å². The lowest BCUT2D eigenvalue weighted by Gasteiger charge is -2.36. The molecule has 1 saturated carbocycles. The average Bonchev–Trinajstić information content (AvgIpc) is 3.02. The molecule has 4 rings (SSSR count). The van der Waals surface area contributed by atoms with Gasteiger partial charge in [-0.25, -0.2) is 18.2 Å². The SMILES string of the molecule is CN1C(=O)Cc2c(Nc3nc(N[C@@H]4CCCC(F)(F)[C@@H]4N)c(F)cc3C(N)=O)cccc21. The smallest absolute Gasteiger partial charge is 0.264 e. The maximum Gasteiger partial charge on any atom is 0.264 e. The zero-order chi connectivity index (χ0) is 23.2. The van der Waals surface area contributed by atoms with E-state index in [1.807, 2.05) is 0 Å². The molecule has 1 aliphatic carbocycles. The van der Waals surface area contributed by atoms with Gasteiger partial charge in [-0.2, -0.15) is 0 Å². The molecule has 0 radical (unpaired) electrons. The van der Waals surface area contributed by atoms with Crippen molar-refractivity contribution in [3.8, 4) is 0 Å². The Hall–Kier alpha value is -3.34. The van der Waals surface area contributed by atoms with Crippen LogP contribution in [-0.2, 0) is 11.2 Å². The van der Waals surface area contributed by atoms with Crippen LogP contribution in [0, 0.1) is 5.82 Å². The summed E-state index contributed by atoms with van der Waals surface area (Å²) in [6.45, 7) is 0. The molecule has 8 nitrogen and oxygen atoms in total. The molecule has 1 aromatic carbocycles. The number of hydrogen-bond donors (Lipinski definition) is 4.